The number of hydrogen-bond donors (Lipinski definition) is 1. The molecule has 0 aliphatic carbocycles. The Bertz CT molecular complexity index is 555. The zero-order chi connectivity index (χ0) is 13.8. The molecule has 2 aromatic rings. The number of pyridine rings is 1. The lowest BCUT2D eigenvalue weighted by Crippen LogP contribution is -2.25. The molecule has 1 unspecified atom stereocenters. The van der Waals surface area contributed by atoms with E-state index in [1.807, 2.05) is 0 Å². The third-order valence-corrected chi connectivity index (χ3v) is 3.10. The molecule has 0 radical (unpaired) electrons. The summed E-state index contributed by atoms with van der Waals surface area (Å²) in [6.07, 6.45) is 4.09. The molecule has 2 rings (SSSR count). The maximum absolute atomic E-state index is 13.1. The Morgan fingerprint density at radius 1 is 1.16 bits per heavy atom. The lowest BCUT2D eigenvalue weighted by Gasteiger charge is -2.12. The zero-order valence-electron chi connectivity index (χ0n) is 10.1. The molecule has 0 fully saturated rings. The summed E-state index contributed by atoms with van der Waals surface area (Å²) in [5, 5.41) is 0.545. The Hall–Kier alpha value is -1.52. The summed E-state index contributed by atoms with van der Waals surface area (Å²) in [4.78, 5) is 3.89. The van der Waals surface area contributed by atoms with Gasteiger partial charge >= 0.3 is 0 Å². The number of halogens is 3. The van der Waals surface area contributed by atoms with Crippen LogP contribution in [0.2, 0.25) is 5.02 Å². The molecule has 0 saturated heterocycles. The molecule has 19 heavy (non-hydrogen) atoms. The van der Waals surface area contributed by atoms with Crippen LogP contribution in [-0.2, 0) is 12.8 Å². The second-order valence-corrected chi connectivity index (χ2v) is 4.82. The molecule has 0 amide bonds. The van der Waals surface area contributed by atoms with Crippen molar-refractivity contribution >= 4 is 11.6 Å². The van der Waals surface area contributed by atoms with Crippen LogP contribution in [0.4, 0.5) is 8.78 Å². The van der Waals surface area contributed by atoms with Gasteiger partial charge in [-0.25, -0.2) is 8.78 Å². The predicted molar refractivity (Wildman–Crippen MR) is 71.0 cm³/mol. The summed E-state index contributed by atoms with van der Waals surface area (Å²) in [5.74, 6) is -1.19. The number of rotatable bonds is 4. The second-order valence-electron chi connectivity index (χ2n) is 4.41. The van der Waals surface area contributed by atoms with Gasteiger partial charge in [-0.05, 0) is 42.2 Å². The third-order valence-electron chi connectivity index (χ3n) is 2.76. The van der Waals surface area contributed by atoms with E-state index < -0.39 is 11.6 Å². The van der Waals surface area contributed by atoms with E-state index in [9.17, 15) is 8.78 Å². The van der Waals surface area contributed by atoms with Gasteiger partial charge in [0, 0.05) is 24.5 Å². The summed E-state index contributed by atoms with van der Waals surface area (Å²) in [5.41, 5.74) is 7.40. The van der Waals surface area contributed by atoms with Gasteiger partial charge in [0.25, 0.3) is 0 Å². The predicted octanol–water partition coefficient (Wildman–Crippen LogP) is 3.13. The van der Waals surface area contributed by atoms with Crippen molar-refractivity contribution in [3.63, 3.8) is 0 Å². The molecule has 2 N–H and O–H groups in total. The highest BCUT2D eigenvalue weighted by Gasteiger charge is 2.10. The van der Waals surface area contributed by atoms with Gasteiger partial charge in [-0.15, -0.1) is 0 Å². The van der Waals surface area contributed by atoms with Crippen LogP contribution in [-0.4, -0.2) is 11.0 Å². The Kier molecular flexibility index (Phi) is 4.45. The molecule has 5 heteroatoms. The van der Waals surface area contributed by atoms with Gasteiger partial charge in [0.2, 0.25) is 0 Å². The van der Waals surface area contributed by atoms with Gasteiger partial charge in [-0.2, -0.15) is 0 Å². The lowest BCUT2D eigenvalue weighted by molar-refractivity contribution is 0.574. The van der Waals surface area contributed by atoms with Crippen LogP contribution in [0.5, 0.6) is 0 Å². The summed E-state index contributed by atoms with van der Waals surface area (Å²) < 4.78 is 26.1. The maximum atomic E-state index is 13.1. The van der Waals surface area contributed by atoms with E-state index in [1.165, 1.54) is 12.1 Å². The highest BCUT2D eigenvalue weighted by Crippen LogP contribution is 2.17. The monoisotopic (exact) mass is 282 g/mol. The Morgan fingerprint density at radius 3 is 2.47 bits per heavy atom. The van der Waals surface area contributed by atoms with Crippen molar-refractivity contribution in [2.24, 2.45) is 5.73 Å². The van der Waals surface area contributed by atoms with Crippen molar-refractivity contribution < 1.29 is 8.78 Å². The Morgan fingerprint density at radius 2 is 1.84 bits per heavy atom. The first-order valence-corrected chi connectivity index (χ1v) is 6.21. The molecule has 100 valence electrons. The van der Waals surface area contributed by atoms with Crippen LogP contribution in [0.3, 0.4) is 0 Å². The van der Waals surface area contributed by atoms with Crippen LogP contribution >= 0.6 is 11.6 Å². The van der Waals surface area contributed by atoms with E-state index in [2.05, 4.69) is 4.98 Å². The second kappa shape index (κ2) is 6.08. The minimum atomic E-state index is -0.593. The fourth-order valence-electron chi connectivity index (χ4n) is 1.96. The normalized spacial score (nSPS) is 12.4. The molecule has 1 heterocycles. The van der Waals surface area contributed by atoms with E-state index in [0.29, 0.717) is 23.4 Å². The van der Waals surface area contributed by atoms with Crippen molar-refractivity contribution in [2.45, 2.75) is 18.9 Å². The average Bonchev–Trinajstić information content (AvgIpc) is 2.30. The minimum Gasteiger partial charge on any atom is -0.327 e. The highest BCUT2D eigenvalue weighted by molar-refractivity contribution is 6.31. The first-order valence-electron chi connectivity index (χ1n) is 5.83. The highest BCUT2D eigenvalue weighted by atomic mass is 35.5. The Balaban J connectivity index is 2.05. The topological polar surface area (TPSA) is 38.9 Å². The first-order chi connectivity index (χ1) is 9.04. The number of nitrogens with two attached hydrogens (primary N) is 1. The third kappa shape index (κ3) is 3.98. The summed E-state index contributed by atoms with van der Waals surface area (Å²) in [6, 6.07) is 4.94. The van der Waals surface area contributed by atoms with Gasteiger partial charge in [-0.3, -0.25) is 4.98 Å². The molecular weight excluding hydrogens is 270 g/mol. The molecule has 0 bridgehead atoms. The smallest absolute Gasteiger partial charge is 0.126 e. The van der Waals surface area contributed by atoms with Crippen molar-refractivity contribution in [3.05, 3.63) is 64.4 Å². The van der Waals surface area contributed by atoms with Crippen LogP contribution in [0.15, 0.2) is 36.7 Å². The maximum Gasteiger partial charge on any atom is 0.126 e. The Labute approximate surface area is 115 Å². The van der Waals surface area contributed by atoms with E-state index >= 15 is 0 Å². The van der Waals surface area contributed by atoms with Crippen LogP contribution < -0.4 is 5.73 Å². The van der Waals surface area contributed by atoms with Crippen molar-refractivity contribution in [3.8, 4) is 0 Å². The number of hydrogen-bond acceptors (Lipinski definition) is 2. The number of aromatic nitrogens is 1. The minimum absolute atomic E-state index is 0.263. The molecule has 0 aliphatic rings. The first kappa shape index (κ1) is 13.9. The summed E-state index contributed by atoms with van der Waals surface area (Å²) in [6.45, 7) is 0. The van der Waals surface area contributed by atoms with Crippen molar-refractivity contribution in [1.82, 2.24) is 4.98 Å². The molecule has 0 saturated carbocycles. The molecule has 1 aromatic carbocycles. The van der Waals surface area contributed by atoms with Crippen LogP contribution in [0.1, 0.15) is 11.1 Å². The average molecular weight is 283 g/mol. The molecule has 0 spiro atoms. The van der Waals surface area contributed by atoms with Crippen molar-refractivity contribution in [1.29, 1.82) is 0 Å². The molecule has 1 atom stereocenters. The van der Waals surface area contributed by atoms with Gasteiger partial charge in [0.1, 0.15) is 11.6 Å². The molecule has 0 aliphatic heterocycles. The van der Waals surface area contributed by atoms with Crippen LogP contribution in [0.25, 0.3) is 0 Å². The molecule has 1 aromatic heterocycles. The zero-order valence-corrected chi connectivity index (χ0v) is 10.9. The van der Waals surface area contributed by atoms with Crippen molar-refractivity contribution in [2.75, 3.05) is 0 Å². The van der Waals surface area contributed by atoms with Gasteiger partial charge in [0.15, 0.2) is 0 Å². The fourth-order valence-corrected chi connectivity index (χ4v) is 2.15. The quantitative estimate of drug-likeness (QED) is 0.936. The van der Waals surface area contributed by atoms with Crippen LogP contribution in [0, 0.1) is 11.6 Å². The number of nitrogens with zero attached hydrogens (tertiary/aromatic N) is 1. The SMILES string of the molecule is NC(Cc1cc(F)cc(F)c1)Cc1ccncc1Cl. The van der Waals surface area contributed by atoms with E-state index in [0.717, 1.165) is 11.6 Å². The molecular formula is C14H13ClF2N2. The lowest BCUT2D eigenvalue weighted by atomic mass is 10.0. The fraction of sp³-hybridized carbons (Fsp3) is 0.214. The summed E-state index contributed by atoms with van der Waals surface area (Å²) >= 11 is 5.98. The standard InChI is InChI=1S/C14H13ClF2N2/c15-14-8-19-2-1-10(14)6-13(18)5-9-3-11(16)7-12(17)4-9/h1-4,7-8,13H,5-6,18H2. The van der Waals surface area contributed by atoms with Gasteiger partial charge in [-0.1, -0.05) is 11.6 Å². The largest absolute Gasteiger partial charge is 0.327 e. The van der Waals surface area contributed by atoms with E-state index in [-0.39, 0.29) is 6.04 Å². The van der Waals surface area contributed by atoms with Gasteiger partial charge < -0.3 is 5.73 Å². The van der Waals surface area contributed by atoms with E-state index in [4.69, 9.17) is 17.3 Å². The number of benzene rings is 1. The summed E-state index contributed by atoms with van der Waals surface area (Å²) in [7, 11) is 0. The van der Waals surface area contributed by atoms with E-state index in [1.54, 1.807) is 18.5 Å². The van der Waals surface area contributed by atoms with Gasteiger partial charge in [0.05, 0.1) is 5.02 Å². The molecule has 2 nitrogen and oxygen atoms in total.